The fourth-order valence-corrected chi connectivity index (χ4v) is 5.04. The largest absolute Gasteiger partial charge is 0.467 e. The van der Waals surface area contributed by atoms with Gasteiger partial charge in [-0.05, 0) is 60.8 Å². The Morgan fingerprint density at radius 3 is 2.76 bits per heavy atom. The number of carbonyl (C=O) groups excluding carboxylic acids is 1. The van der Waals surface area contributed by atoms with Crippen molar-refractivity contribution in [1.29, 1.82) is 0 Å². The molecule has 0 unspecified atom stereocenters. The zero-order valence-corrected chi connectivity index (χ0v) is 17.8. The van der Waals surface area contributed by atoms with Gasteiger partial charge in [-0.3, -0.25) is 9.69 Å². The average molecular weight is 404 g/mol. The Balaban J connectivity index is 1.62. The molecule has 1 aromatic rings. The van der Waals surface area contributed by atoms with Gasteiger partial charge < -0.3 is 19.3 Å². The van der Waals surface area contributed by atoms with E-state index in [-0.39, 0.29) is 36.6 Å². The van der Waals surface area contributed by atoms with Gasteiger partial charge in [0.15, 0.2) is 12.6 Å². The molecule has 29 heavy (non-hydrogen) atoms. The zero-order valence-electron chi connectivity index (χ0n) is 17.8. The van der Waals surface area contributed by atoms with E-state index in [4.69, 9.17) is 14.2 Å². The van der Waals surface area contributed by atoms with Crippen LogP contribution in [0, 0.1) is 11.8 Å². The Morgan fingerprint density at radius 2 is 2.07 bits per heavy atom. The quantitative estimate of drug-likeness (QED) is 0.505. The Kier molecular flexibility index (Phi) is 5.98. The number of nitrogens with zero attached hydrogens (tertiary/aromatic N) is 1. The van der Waals surface area contributed by atoms with Crippen LogP contribution >= 0.6 is 0 Å². The lowest BCUT2D eigenvalue weighted by Gasteiger charge is -2.53. The third-order valence-corrected chi connectivity index (χ3v) is 7.23. The summed E-state index contributed by atoms with van der Waals surface area (Å²) in [6.07, 6.45) is 3.61. The highest BCUT2D eigenvalue weighted by Gasteiger charge is 2.53. The molecule has 3 atom stereocenters. The number of ether oxygens (including phenoxy) is 3. The molecule has 1 saturated heterocycles. The van der Waals surface area contributed by atoms with Gasteiger partial charge in [0.2, 0.25) is 0 Å². The lowest BCUT2D eigenvalue weighted by atomic mass is 9.58. The molecule has 1 aromatic carbocycles. The number of rotatable bonds is 9. The molecular weight excluding hydrogens is 370 g/mol. The van der Waals surface area contributed by atoms with Crippen molar-refractivity contribution in [2.24, 2.45) is 11.8 Å². The van der Waals surface area contributed by atoms with Crippen molar-refractivity contribution in [1.82, 2.24) is 4.90 Å². The van der Waals surface area contributed by atoms with E-state index in [1.54, 1.807) is 7.11 Å². The summed E-state index contributed by atoms with van der Waals surface area (Å²) < 4.78 is 16.2. The molecule has 1 N–H and O–H groups in total. The van der Waals surface area contributed by atoms with Crippen LogP contribution in [0.4, 0.5) is 0 Å². The minimum Gasteiger partial charge on any atom is -0.467 e. The van der Waals surface area contributed by atoms with Crippen LogP contribution in [0.3, 0.4) is 0 Å². The van der Waals surface area contributed by atoms with Crippen LogP contribution in [0.15, 0.2) is 12.1 Å². The molecule has 6 heteroatoms. The lowest BCUT2D eigenvalue weighted by molar-refractivity contribution is -0.00958. The number of hydrogen-bond donors (Lipinski definition) is 1. The first-order valence-electron chi connectivity index (χ1n) is 10.8. The minimum atomic E-state index is -0.170. The Hall–Kier alpha value is -1.47. The number of aliphatic hydroxyl groups excluding tert-OH is 1. The predicted molar refractivity (Wildman–Crippen MR) is 109 cm³/mol. The molecule has 0 amide bonds. The molecule has 0 spiro atoms. The summed E-state index contributed by atoms with van der Waals surface area (Å²) in [6.45, 7) is 7.37. The van der Waals surface area contributed by atoms with Gasteiger partial charge in [0.25, 0.3) is 0 Å². The summed E-state index contributed by atoms with van der Waals surface area (Å²) in [7, 11) is 1.62. The number of aliphatic hydroxyl groups is 1. The molecule has 6 nitrogen and oxygen atoms in total. The van der Waals surface area contributed by atoms with Gasteiger partial charge in [-0.2, -0.15) is 0 Å². The highest BCUT2D eigenvalue weighted by atomic mass is 16.7. The highest BCUT2D eigenvalue weighted by Crippen LogP contribution is 2.50. The first-order chi connectivity index (χ1) is 14.0. The number of piperidine rings is 1. The Labute approximate surface area is 173 Å². The number of benzene rings is 1. The van der Waals surface area contributed by atoms with Crippen molar-refractivity contribution in [2.75, 3.05) is 40.2 Å². The molecule has 3 aliphatic rings. The number of likely N-dealkylation sites (tertiary alicyclic amines) is 1. The van der Waals surface area contributed by atoms with E-state index in [0.717, 1.165) is 36.6 Å². The smallest absolute Gasteiger partial charge is 0.189 e. The van der Waals surface area contributed by atoms with E-state index in [1.807, 2.05) is 12.1 Å². The number of ketones is 1. The van der Waals surface area contributed by atoms with Crippen LogP contribution < -0.4 is 4.74 Å². The first kappa shape index (κ1) is 20.8. The van der Waals surface area contributed by atoms with Gasteiger partial charge in [0, 0.05) is 24.8 Å². The average Bonchev–Trinajstić information content (AvgIpc) is 3.53. The van der Waals surface area contributed by atoms with Gasteiger partial charge >= 0.3 is 0 Å². The standard InChI is InChI=1S/C23H33NO5/c1-15-21-22(26)18-10-17(13-25)20(29-14-28-9-8-27-3)11-19(18)23(15,2)6-7-24(21)12-16-4-5-16/h10-11,15-16,21,25H,4-9,12-14H2,1-3H3/t15-,21-,23-/m0/s1. The molecule has 1 aliphatic heterocycles. The summed E-state index contributed by atoms with van der Waals surface area (Å²) in [6, 6.07) is 3.76. The van der Waals surface area contributed by atoms with Crippen LogP contribution in [0.2, 0.25) is 0 Å². The van der Waals surface area contributed by atoms with Crippen LogP contribution in [0.25, 0.3) is 0 Å². The summed E-state index contributed by atoms with van der Waals surface area (Å²) in [5.41, 5.74) is 2.38. The number of fused-ring (bicyclic) bond motifs is 4. The molecule has 2 aliphatic carbocycles. The van der Waals surface area contributed by atoms with Gasteiger partial charge in [-0.1, -0.05) is 13.8 Å². The van der Waals surface area contributed by atoms with Gasteiger partial charge in [-0.15, -0.1) is 0 Å². The fourth-order valence-electron chi connectivity index (χ4n) is 5.04. The second-order valence-corrected chi connectivity index (χ2v) is 9.03. The first-order valence-corrected chi connectivity index (χ1v) is 10.8. The van der Waals surface area contributed by atoms with Gasteiger partial charge in [0.05, 0.1) is 25.9 Å². The monoisotopic (exact) mass is 403 g/mol. The van der Waals surface area contributed by atoms with Crippen molar-refractivity contribution < 1.29 is 24.1 Å². The van der Waals surface area contributed by atoms with Crippen LogP contribution in [0.1, 0.15) is 54.6 Å². The van der Waals surface area contributed by atoms with E-state index in [0.29, 0.717) is 24.5 Å². The molecule has 1 heterocycles. The van der Waals surface area contributed by atoms with E-state index < -0.39 is 0 Å². The molecule has 2 fully saturated rings. The molecular formula is C23H33NO5. The summed E-state index contributed by atoms with van der Waals surface area (Å²) in [5.74, 6) is 1.81. The van der Waals surface area contributed by atoms with Crippen LogP contribution in [-0.2, 0) is 21.5 Å². The molecule has 1 saturated carbocycles. The molecule has 160 valence electrons. The van der Waals surface area contributed by atoms with Crippen LogP contribution in [0.5, 0.6) is 5.75 Å². The molecule has 4 rings (SSSR count). The normalized spacial score (nSPS) is 29.0. The topological polar surface area (TPSA) is 68.2 Å². The zero-order chi connectivity index (χ0) is 20.6. The van der Waals surface area contributed by atoms with Gasteiger partial charge in [0.1, 0.15) is 5.75 Å². The molecule has 2 bridgehead atoms. The molecule has 0 aromatic heterocycles. The van der Waals surface area contributed by atoms with E-state index >= 15 is 0 Å². The number of hydrogen-bond acceptors (Lipinski definition) is 6. The number of Topliss-reactive ketones (excluding diaryl/α,β-unsaturated/α-hetero) is 1. The summed E-state index contributed by atoms with van der Waals surface area (Å²) in [4.78, 5) is 15.9. The summed E-state index contributed by atoms with van der Waals surface area (Å²) in [5, 5.41) is 9.88. The Bertz CT molecular complexity index is 762. The minimum absolute atomic E-state index is 0.0578. The van der Waals surface area contributed by atoms with E-state index in [1.165, 1.54) is 12.8 Å². The van der Waals surface area contributed by atoms with Crippen LogP contribution in [-0.4, -0.2) is 62.0 Å². The van der Waals surface area contributed by atoms with Crippen molar-refractivity contribution in [3.8, 4) is 5.75 Å². The number of methoxy groups -OCH3 is 1. The SMILES string of the molecule is COCCOCOc1cc2c(cc1CO)C(=O)[C@@H]1[C@H](C)[C@]2(C)CCN1CC1CC1. The third kappa shape index (κ3) is 3.83. The Morgan fingerprint density at radius 1 is 1.28 bits per heavy atom. The van der Waals surface area contributed by atoms with Crippen molar-refractivity contribution in [3.63, 3.8) is 0 Å². The lowest BCUT2D eigenvalue weighted by Crippen LogP contribution is -2.61. The maximum absolute atomic E-state index is 13.5. The summed E-state index contributed by atoms with van der Waals surface area (Å²) >= 11 is 0. The maximum Gasteiger partial charge on any atom is 0.189 e. The molecule has 0 radical (unpaired) electrons. The second-order valence-electron chi connectivity index (χ2n) is 9.03. The maximum atomic E-state index is 13.5. The predicted octanol–water partition coefficient (Wildman–Crippen LogP) is 2.75. The van der Waals surface area contributed by atoms with Gasteiger partial charge in [-0.25, -0.2) is 0 Å². The van der Waals surface area contributed by atoms with E-state index in [2.05, 4.69) is 18.7 Å². The van der Waals surface area contributed by atoms with E-state index in [9.17, 15) is 9.90 Å². The second kappa shape index (κ2) is 8.34. The highest BCUT2D eigenvalue weighted by molar-refractivity contribution is 6.04. The van der Waals surface area contributed by atoms with Crippen molar-refractivity contribution in [2.45, 2.75) is 51.2 Å². The van der Waals surface area contributed by atoms with Crippen molar-refractivity contribution >= 4 is 5.78 Å². The fraction of sp³-hybridized carbons (Fsp3) is 0.696. The third-order valence-electron chi connectivity index (χ3n) is 7.23. The number of carbonyl (C=O) groups is 1. The van der Waals surface area contributed by atoms with Crippen molar-refractivity contribution in [3.05, 3.63) is 28.8 Å².